The minimum atomic E-state index is -4.74. The van der Waals surface area contributed by atoms with Crippen molar-refractivity contribution >= 4 is 11.6 Å². The zero-order valence-electron chi connectivity index (χ0n) is 14.8. The monoisotopic (exact) mass is 378 g/mol. The van der Waals surface area contributed by atoms with E-state index in [1.165, 1.54) is 30.5 Å². The third-order valence-corrected chi connectivity index (χ3v) is 3.98. The molecule has 0 aliphatic carbocycles. The van der Waals surface area contributed by atoms with Crippen LogP contribution in [0.4, 0.5) is 13.2 Å². The summed E-state index contributed by atoms with van der Waals surface area (Å²) in [4.78, 5) is 17.0. The van der Waals surface area contributed by atoms with Gasteiger partial charge in [0.15, 0.2) is 5.65 Å². The lowest BCUT2D eigenvalue weighted by Gasteiger charge is -2.15. The Labute approximate surface area is 153 Å². The Morgan fingerprint density at radius 1 is 1.22 bits per heavy atom. The first-order chi connectivity index (χ1) is 12.6. The molecule has 2 aromatic heterocycles. The van der Waals surface area contributed by atoms with E-state index in [-0.39, 0.29) is 11.7 Å². The molecule has 1 aromatic carbocycles. The molecule has 2 heterocycles. The average molecular weight is 378 g/mol. The van der Waals surface area contributed by atoms with Crippen molar-refractivity contribution in [3.8, 4) is 5.75 Å². The maximum atomic E-state index is 12.6. The highest BCUT2D eigenvalue weighted by atomic mass is 19.4. The van der Waals surface area contributed by atoms with Gasteiger partial charge in [0.25, 0.3) is 5.91 Å². The first kappa shape index (κ1) is 18.7. The standard InChI is InChI=1S/C18H17F3N4O2/c1-10-8-11(2)25-16(23-10)15(9-22-25)17(26)24-12(3)13-4-6-14(7-5-13)27-18(19,20)21/h4-9,12H,1-3H3,(H,24,26). The van der Waals surface area contributed by atoms with Crippen LogP contribution in [0.15, 0.2) is 36.5 Å². The number of benzene rings is 1. The summed E-state index contributed by atoms with van der Waals surface area (Å²) in [5.41, 5.74) is 3.03. The molecule has 1 atom stereocenters. The van der Waals surface area contributed by atoms with E-state index >= 15 is 0 Å². The molecule has 0 bridgehead atoms. The van der Waals surface area contributed by atoms with Crippen molar-refractivity contribution in [1.29, 1.82) is 0 Å². The lowest BCUT2D eigenvalue weighted by Crippen LogP contribution is -2.26. The molecule has 3 rings (SSSR count). The highest BCUT2D eigenvalue weighted by molar-refractivity contribution is 5.99. The number of aromatic nitrogens is 3. The molecule has 0 fully saturated rings. The number of alkyl halides is 3. The van der Waals surface area contributed by atoms with Crippen molar-refractivity contribution < 1.29 is 22.7 Å². The number of carbonyl (C=O) groups is 1. The fraction of sp³-hybridized carbons (Fsp3) is 0.278. The smallest absolute Gasteiger partial charge is 0.406 e. The predicted octanol–water partition coefficient (Wildman–Crippen LogP) is 3.74. The number of halogens is 3. The summed E-state index contributed by atoms with van der Waals surface area (Å²) in [6, 6.07) is 6.76. The molecule has 142 valence electrons. The van der Waals surface area contributed by atoms with Crippen LogP contribution < -0.4 is 10.1 Å². The number of fused-ring (bicyclic) bond motifs is 1. The van der Waals surface area contributed by atoms with Crippen molar-refractivity contribution in [1.82, 2.24) is 19.9 Å². The molecule has 6 nitrogen and oxygen atoms in total. The number of hydrogen-bond donors (Lipinski definition) is 1. The van der Waals surface area contributed by atoms with E-state index in [9.17, 15) is 18.0 Å². The van der Waals surface area contributed by atoms with Gasteiger partial charge in [0.05, 0.1) is 12.2 Å². The van der Waals surface area contributed by atoms with Gasteiger partial charge in [-0.2, -0.15) is 5.10 Å². The van der Waals surface area contributed by atoms with Crippen LogP contribution in [0, 0.1) is 13.8 Å². The highest BCUT2D eigenvalue weighted by Crippen LogP contribution is 2.24. The predicted molar refractivity (Wildman–Crippen MR) is 91.5 cm³/mol. The van der Waals surface area contributed by atoms with E-state index in [1.54, 1.807) is 11.4 Å². The van der Waals surface area contributed by atoms with Crippen LogP contribution in [0.5, 0.6) is 5.75 Å². The molecule has 0 aliphatic rings. The Bertz CT molecular complexity index is 981. The zero-order chi connectivity index (χ0) is 19.8. The van der Waals surface area contributed by atoms with Crippen LogP contribution in [0.1, 0.15) is 40.3 Å². The molecule has 0 spiro atoms. The minimum Gasteiger partial charge on any atom is -0.406 e. The van der Waals surface area contributed by atoms with Crippen molar-refractivity contribution in [2.45, 2.75) is 33.2 Å². The number of carbonyl (C=O) groups excluding carboxylic acids is 1. The first-order valence-corrected chi connectivity index (χ1v) is 8.12. The van der Waals surface area contributed by atoms with E-state index in [0.29, 0.717) is 16.8 Å². The topological polar surface area (TPSA) is 68.5 Å². The normalized spacial score (nSPS) is 12.8. The van der Waals surface area contributed by atoms with Gasteiger partial charge >= 0.3 is 6.36 Å². The minimum absolute atomic E-state index is 0.317. The highest BCUT2D eigenvalue weighted by Gasteiger charge is 2.31. The van der Waals surface area contributed by atoms with E-state index < -0.39 is 12.4 Å². The Kier molecular flexibility index (Phi) is 4.77. The van der Waals surface area contributed by atoms with Crippen LogP contribution in [0.2, 0.25) is 0 Å². The zero-order valence-corrected chi connectivity index (χ0v) is 14.8. The second-order valence-corrected chi connectivity index (χ2v) is 6.14. The Balaban J connectivity index is 1.76. The number of amides is 1. The van der Waals surface area contributed by atoms with Gasteiger partial charge in [-0.25, -0.2) is 9.50 Å². The van der Waals surface area contributed by atoms with Gasteiger partial charge in [-0.1, -0.05) is 12.1 Å². The van der Waals surface area contributed by atoms with E-state index in [1.807, 2.05) is 19.9 Å². The number of ether oxygens (including phenoxy) is 1. The third kappa shape index (κ3) is 4.18. The van der Waals surface area contributed by atoms with Gasteiger partial charge in [0, 0.05) is 11.4 Å². The lowest BCUT2D eigenvalue weighted by molar-refractivity contribution is -0.274. The third-order valence-electron chi connectivity index (χ3n) is 3.98. The number of hydrogen-bond acceptors (Lipinski definition) is 4. The summed E-state index contributed by atoms with van der Waals surface area (Å²) in [5, 5.41) is 6.98. The van der Waals surface area contributed by atoms with Crippen LogP contribution >= 0.6 is 0 Å². The van der Waals surface area contributed by atoms with Crippen LogP contribution in [0.25, 0.3) is 5.65 Å². The molecule has 0 radical (unpaired) electrons. The van der Waals surface area contributed by atoms with E-state index in [4.69, 9.17) is 0 Å². The van der Waals surface area contributed by atoms with Crippen LogP contribution in [-0.2, 0) is 0 Å². The van der Waals surface area contributed by atoms with Crippen molar-refractivity contribution in [3.05, 3.63) is 59.0 Å². The Morgan fingerprint density at radius 3 is 2.52 bits per heavy atom. The van der Waals surface area contributed by atoms with Crippen molar-refractivity contribution in [2.75, 3.05) is 0 Å². The van der Waals surface area contributed by atoms with Gasteiger partial charge in [0.1, 0.15) is 11.3 Å². The quantitative estimate of drug-likeness (QED) is 0.751. The SMILES string of the molecule is Cc1cc(C)n2ncc(C(=O)NC(C)c3ccc(OC(F)(F)F)cc3)c2n1. The van der Waals surface area contributed by atoms with Crippen molar-refractivity contribution in [2.24, 2.45) is 0 Å². The van der Waals surface area contributed by atoms with Gasteiger partial charge in [0.2, 0.25) is 0 Å². The largest absolute Gasteiger partial charge is 0.573 e. The van der Waals surface area contributed by atoms with Crippen LogP contribution in [0.3, 0.4) is 0 Å². The molecule has 1 N–H and O–H groups in total. The molecule has 0 saturated heterocycles. The van der Waals surface area contributed by atoms with Gasteiger partial charge in [-0.15, -0.1) is 13.2 Å². The van der Waals surface area contributed by atoms with Gasteiger partial charge < -0.3 is 10.1 Å². The lowest BCUT2D eigenvalue weighted by atomic mass is 10.1. The summed E-state index contributed by atoms with van der Waals surface area (Å²) >= 11 is 0. The maximum Gasteiger partial charge on any atom is 0.573 e. The molecular formula is C18H17F3N4O2. The second-order valence-electron chi connectivity index (χ2n) is 6.14. The number of nitrogens with one attached hydrogen (secondary N) is 1. The molecule has 0 saturated carbocycles. The molecule has 0 aliphatic heterocycles. The first-order valence-electron chi connectivity index (χ1n) is 8.12. The van der Waals surface area contributed by atoms with Gasteiger partial charge in [-0.05, 0) is 44.5 Å². The molecule has 1 amide bonds. The molecule has 9 heteroatoms. The molecule has 3 aromatic rings. The number of rotatable bonds is 4. The fourth-order valence-electron chi connectivity index (χ4n) is 2.75. The van der Waals surface area contributed by atoms with Crippen LogP contribution in [-0.4, -0.2) is 26.9 Å². The van der Waals surface area contributed by atoms with E-state index in [0.717, 1.165) is 11.4 Å². The Hall–Kier alpha value is -3.10. The van der Waals surface area contributed by atoms with Gasteiger partial charge in [-0.3, -0.25) is 4.79 Å². The summed E-state index contributed by atoms with van der Waals surface area (Å²) in [5.74, 6) is -0.687. The average Bonchev–Trinajstić information content (AvgIpc) is 2.98. The molecule has 1 unspecified atom stereocenters. The summed E-state index contributed by atoms with van der Waals surface area (Å²) in [6.45, 7) is 5.42. The summed E-state index contributed by atoms with van der Waals surface area (Å²) < 4.78 is 42.1. The maximum absolute atomic E-state index is 12.6. The second kappa shape index (κ2) is 6.90. The number of nitrogens with zero attached hydrogens (tertiary/aromatic N) is 3. The fourth-order valence-corrected chi connectivity index (χ4v) is 2.75. The number of aryl methyl sites for hydroxylation is 2. The van der Waals surface area contributed by atoms with Crippen molar-refractivity contribution in [3.63, 3.8) is 0 Å². The molecule has 27 heavy (non-hydrogen) atoms. The Morgan fingerprint density at radius 2 is 1.89 bits per heavy atom. The summed E-state index contributed by atoms with van der Waals surface area (Å²) in [6.07, 6.45) is -3.30. The van der Waals surface area contributed by atoms with E-state index in [2.05, 4.69) is 20.1 Å². The summed E-state index contributed by atoms with van der Waals surface area (Å²) in [7, 11) is 0. The molecular weight excluding hydrogens is 361 g/mol.